The zero-order valence-corrected chi connectivity index (χ0v) is 15.0. The van der Waals surface area contributed by atoms with Crippen LogP contribution in [0.25, 0.3) is 0 Å². The van der Waals surface area contributed by atoms with Gasteiger partial charge in [0.1, 0.15) is 12.4 Å². The molecule has 1 heterocycles. The number of ether oxygens (including phenoxy) is 1. The van der Waals surface area contributed by atoms with E-state index in [2.05, 4.69) is 4.72 Å². The molecule has 8 heteroatoms. The Balaban J connectivity index is 1.65. The lowest BCUT2D eigenvalue weighted by Crippen LogP contribution is -2.50. The summed E-state index contributed by atoms with van der Waals surface area (Å²) >= 11 is 0. The molecule has 3 rings (SSSR count). The molecular formula is C18H19FN2O4S. The van der Waals surface area contributed by atoms with Crippen LogP contribution in [0.5, 0.6) is 0 Å². The lowest BCUT2D eigenvalue weighted by atomic mass is 10.2. The Morgan fingerprint density at radius 3 is 2.46 bits per heavy atom. The second kappa shape index (κ2) is 7.53. The molecule has 0 spiro atoms. The maximum absolute atomic E-state index is 13.1. The smallest absolute Gasteiger partial charge is 0.253 e. The number of carbonyl (C=O) groups excluding carboxylic acids is 1. The van der Waals surface area contributed by atoms with Crippen molar-refractivity contribution < 1.29 is 22.3 Å². The van der Waals surface area contributed by atoms with Crippen LogP contribution in [0.2, 0.25) is 0 Å². The average Bonchev–Trinajstić information content (AvgIpc) is 2.62. The molecule has 1 aliphatic heterocycles. The quantitative estimate of drug-likeness (QED) is 0.862. The molecule has 0 saturated carbocycles. The molecule has 1 unspecified atom stereocenters. The lowest BCUT2D eigenvalue weighted by Gasteiger charge is -2.32. The molecule has 6 nitrogen and oxygen atoms in total. The van der Waals surface area contributed by atoms with Gasteiger partial charge in [-0.1, -0.05) is 17.7 Å². The van der Waals surface area contributed by atoms with Crippen LogP contribution in [0, 0.1) is 12.7 Å². The van der Waals surface area contributed by atoms with E-state index in [0.717, 1.165) is 5.56 Å². The van der Waals surface area contributed by atoms with Crippen LogP contribution in [-0.4, -0.2) is 40.1 Å². The molecule has 1 saturated heterocycles. The third-order valence-corrected chi connectivity index (χ3v) is 5.54. The molecule has 0 radical (unpaired) electrons. The van der Waals surface area contributed by atoms with Crippen molar-refractivity contribution in [1.82, 2.24) is 4.72 Å². The van der Waals surface area contributed by atoms with Gasteiger partial charge in [0.15, 0.2) is 0 Å². The van der Waals surface area contributed by atoms with Crippen molar-refractivity contribution >= 4 is 21.6 Å². The molecule has 1 amide bonds. The Hall–Kier alpha value is -2.29. The standard InChI is InChI=1S/C18H19FN2O4S/c1-13-2-8-17(9-3-13)26(23,24)20-10-16-11-21(18(22)12-25-16)15-6-4-14(19)5-7-15/h2-9,16,20H,10-12H2,1H3. The summed E-state index contributed by atoms with van der Waals surface area (Å²) in [5, 5.41) is 0. The van der Waals surface area contributed by atoms with E-state index in [4.69, 9.17) is 4.74 Å². The molecule has 138 valence electrons. The third kappa shape index (κ3) is 4.27. The first-order valence-corrected chi connectivity index (χ1v) is 9.57. The normalized spacial score (nSPS) is 18.2. The van der Waals surface area contributed by atoms with E-state index < -0.39 is 21.9 Å². The summed E-state index contributed by atoms with van der Waals surface area (Å²) in [6.45, 7) is 1.93. The fraction of sp³-hybridized carbons (Fsp3) is 0.278. The van der Waals surface area contributed by atoms with Gasteiger partial charge in [-0.3, -0.25) is 4.79 Å². The van der Waals surface area contributed by atoms with Crippen LogP contribution in [0.1, 0.15) is 5.56 Å². The monoisotopic (exact) mass is 378 g/mol. The van der Waals surface area contributed by atoms with Crippen LogP contribution in [0.3, 0.4) is 0 Å². The maximum atomic E-state index is 13.1. The molecule has 26 heavy (non-hydrogen) atoms. The van der Waals surface area contributed by atoms with E-state index in [1.54, 1.807) is 12.1 Å². The van der Waals surface area contributed by atoms with Crippen LogP contribution < -0.4 is 9.62 Å². The van der Waals surface area contributed by atoms with Crippen LogP contribution in [-0.2, 0) is 19.6 Å². The molecule has 0 aliphatic carbocycles. The number of nitrogens with one attached hydrogen (secondary N) is 1. The van der Waals surface area contributed by atoms with Crippen molar-refractivity contribution in [2.45, 2.75) is 17.9 Å². The molecular weight excluding hydrogens is 359 g/mol. The summed E-state index contributed by atoms with van der Waals surface area (Å²) < 4.78 is 45.7. The highest BCUT2D eigenvalue weighted by Crippen LogP contribution is 2.19. The van der Waals surface area contributed by atoms with Crippen LogP contribution >= 0.6 is 0 Å². The topological polar surface area (TPSA) is 75.7 Å². The molecule has 0 aromatic heterocycles. The maximum Gasteiger partial charge on any atom is 0.253 e. The zero-order valence-electron chi connectivity index (χ0n) is 14.2. The fourth-order valence-corrected chi connectivity index (χ4v) is 3.69. The Bertz CT molecular complexity index is 882. The molecule has 2 aromatic carbocycles. The predicted molar refractivity (Wildman–Crippen MR) is 94.9 cm³/mol. The number of sulfonamides is 1. The van der Waals surface area contributed by atoms with Gasteiger partial charge in [0.05, 0.1) is 17.5 Å². The van der Waals surface area contributed by atoms with Gasteiger partial charge in [-0.2, -0.15) is 0 Å². The number of rotatable bonds is 5. The number of amides is 1. The lowest BCUT2D eigenvalue weighted by molar-refractivity contribution is -0.129. The van der Waals surface area contributed by atoms with Gasteiger partial charge in [-0.25, -0.2) is 17.5 Å². The molecule has 1 fully saturated rings. The van der Waals surface area contributed by atoms with Crippen molar-refractivity contribution in [1.29, 1.82) is 0 Å². The van der Waals surface area contributed by atoms with E-state index in [-0.39, 0.29) is 30.5 Å². The summed E-state index contributed by atoms with van der Waals surface area (Å²) in [6, 6.07) is 12.1. The highest BCUT2D eigenvalue weighted by Gasteiger charge is 2.28. The molecule has 2 aromatic rings. The molecule has 1 atom stereocenters. The molecule has 1 N–H and O–H groups in total. The van der Waals surface area contributed by atoms with Crippen molar-refractivity contribution in [2.75, 3.05) is 24.6 Å². The van der Waals surface area contributed by atoms with E-state index in [0.29, 0.717) is 5.69 Å². The Labute approximate surface area is 151 Å². The number of hydrogen-bond acceptors (Lipinski definition) is 4. The Morgan fingerprint density at radius 2 is 1.81 bits per heavy atom. The Kier molecular flexibility index (Phi) is 5.36. The highest BCUT2D eigenvalue weighted by molar-refractivity contribution is 7.89. The van der Waals surface area contributed by atoms with E-state index >= 15 is 0 Å². The minimum absolute atomic E-state index is 0.0290. The number of benzene rings is 2. The van der Waals surface area contributed by atoms with Crippen molar-refractivity contribution in [3.05, 3.63) is 59.9 Å². The SMILES string of the molecule is Cc1ccc(S(=O)(=O)NCC2CN(c3ccc(F)cc3)C(=O)CO2)cc1. The largest absolute Gasteiger partial charge is 0.365 e. The van der Waals surface area contributed by atoms with E-state index in [1.165, 1.54) is 41.3 Å². The molecule has 0 bridgehead atoms. The van der Waals surface area contributed by atoms with Crippen molar-refractivity contribution in [3.8, 4) is 0 Å². The predicted octanol–water partition coefficient (Wildman–Crippen LogP) is 1.84. The minimum Gasteiger partial charge on any atom is -0.365 e. The Morgan fingerprint density at radius 1 is 1.15 bits per heavy atom. The summed E-state index contributed by atoms with van der Waals surface area (Å²) in [7, 11) is -3.66. The van der Waals surface area contributed by atoms with Gasteiger partial charge in [0, 0.05) is 12.2 Å². The third-order valence-electron chi connectivity index (χ3n) is 4.10. The van der Waals surface area contributed by atoms with Gasteiger partial charge < -0.3 is 9.64 Å². The zero-order chi connectivity index (χ0) is 18.7. The van der Waals surface area contributed by atoms with Crippen molar-refractivity contribution in [3.63, 3.8) is 0 Å². The summed E-state index contributed by atoms with van der Waals surface area (Å²) in [4.78, 5) is 13.7. The number of nitrogens with zero attached hydrogens (tertiary/aromatic N) is 1. The van der Waals surface area contributed by atoms with Crippen LogP contribution in [0.15, 0.2) is 53.4 Å². The average molecular weight is 378 g/mol. The second-order valence-corrected chi connectivity index (χ2v) is 7.85. The van der Waals surface area contributed by atoms with E-state index in [1.807, 2.05) is 6.92 Å². The van der Waals surface area contributed by atoms with E-state index in [9.17, 15) is 17.6 Å². The van der Waals surface area contributed by atoms with Gasteiger partial charge in [-0.15, -0.1) is 0 Å². The number of morpholine rings is 1. The number of aryl methyl sites for hydroxylation is 1. The fourth-order valence-electron chi connectivity index (χ4n) is 2.62. The number of anilines is 1. The minimum atomic E-state index is -3.66. The summed E-state index contributed by atoms with van der Waals surface area (Å²) in [5.41, 5.74) is 1.51. The first-order chi connectivity index (χ1) is 12.3. The number of halogens is 1. The number of hydrogen-bond donors (Lipinski definition) is 1. The molecule has 1 aliphatic rings. The van der Waals surface area contributed by atoms with Gasteiger partial charge in [0.2, 0.25) is 10.0 Å². The number of carbonyl (C=O) groups is 1. The van der Waals surface area contributed by atoms with Gasteiger partial charge in [-0.05, 0) is 43.3 Å². The van der Waals surface area contributed by atoms with Crippen molar-refractivity contribution in [2.24, 2.45) is 0 Å². The summed E-state index contributed by atoms with van der Waals surface area (Å²) in [6.07, 6.45) is -0.502. The summed E-state index contributed by atoms with van der Waals surface area (Å²) in [5.74, 6) is -0.647. The first-order valence-electron chi connectivity index (χ1n) is 8.09. The van der Waals surface area contributed by atoms with Gasteiger partial charge in [0.25, 0.3) is 5.91 Å². The van der Waals surface area contributed by atoms with Crippen LogP contribution in [0.4, 0.5) is 10.1 Å². The second-order valence-electron chi connectivity index (χ2n) is 6.08. The highest BCUT2D eigenvalue weighted by atomic mass is 32.2. The van der Waals surface area contributed by atoms with Gasteiger partial charge >= 0.3 is 0 Å². The first kappa shape index (κ1) is 18.5.